The molecule has 0 fully saturated rings. The van der Waals surface area contributed by atoms with Crippen molar-refractivity contribution >= 4 is 5.97 Å². The fraction of sp³-hybridized carbons (Fsp3) is 0.545. The molecule has 0 aliphatic carbocycles. The average molecular weight is 256 g/mol. The third kappa shape index (κ3) is 5.55. The van der Waals surface area contributed by atoms with Crippen LogP contribution in [0, 0.1) is 0 Å². The minimum Gasteiger partial charge on any atom is -0.476 e. The van der Waals surface area contributed by atoms with Gasteiger partial charge in [0.05, 0.1) is 19.0 Å². The molecule has 7 nitrogen and oxygen atoms in total. The highest BCUT2D eigenvalue weighted by molar-refractivity contribution is 5.84. The number of aromatic carboxylic acids is 1. The predicted molar refractivity (Wildman–Crippen MR) is 61.8 cm³/mol. The van der Waals surface area contributed by atoms with E-state index in [2.05, 4.69) is 9.97 Å². The molecule has 0 saturated heterocycles. The maximum atomic E-state index is 10.5. The highest BCUT2D eigenvalue weighted by Crippen LogP contribution is 2.03. The first-order chi connectivity index (χ1) is 8.74. The molecule has 0 radical (unpaired) electrons. The third-order valence-electron chi connectivity index (χ3n) is 1.96. The van der Waals surface area contributed by atoms with E-state index in [4.69, 9.17) is 19.3 Å². The maximum Gasteiger partial charge on any atom is 0.356 e. The molecule has 7 heteroatoms. The lowest BCUT2D eigenvalue weighted by molar-refractivity contribution is 0.0688. The highest BCUT2D eigenvalue weighted by Gasteiger charge is 2.04. The van der Waals surface area contributed by atoms with Crippen LogP contribution in [0.4, 0.5) is 0 Å². The first-order valence-corrected chi connectivity index (χ1v) is 5.49. The second kappa shape index (κ2) is 8.37. The molecule has 1 aromatic heterocycles. The summed E-state index contributed by atoms with van der Waals surface area (Å²) in [5.74, 6) is -0.837. The fourth-order valence-corrected chi connectivity index (χ4v) is 1.11. The van der Waals surface area contributed by atoms with Gasteiger partial charge in [0.2, 0.25) is 5.88 Å². The van der Waals surface area contributed by atoms with Crippen molar-refractivity contribution < 1.29 is 24.1 Å². The normalized spacial score (nSPS) is 10.3. The van der Waals surface area contributed by atoms with Gasteiger partial charge >= 0.3 is 5.97 Å². The zero-order valence-corrected chi connectivity index (χ0v) is 10.2. The summed E-state index contributed by atoms with van der Waals surface area (Å²) in [6, 6.07) is 0. The Morgan fingerprint density at radius 1 is 1.22 bits per heavy atom. The number of ether oxygens (including phenoxy) is 3. The van der Waals surface area contributed by atoms with Gasteiger partial charge in [-0.2, -0.15) is 0 Å². The van der Waals surface area contributed by atoms with Crippen LogP contribution in [-0.4, -0.2) is 54.6 Å². The molecule has 1 rings (SSSR count). The second-order valence-corrected chi connectivity index (χ2v) is 3.35. The molecule has 0 aliphatic rings. The Hall–Kier alpha value is -1.73. The van der Waals surface area contributed by atoms with Crippen LogP contribution in [0.3, 0.4) is 0 Å². The molecule has 0 atom stereocenters. The van der Waals surface area contributed by atoms with Gasteiger partial charge < -0.3 is 19.3 Å². The molecular formula is C11H16N2O5. The summed E-state index contributed by atoms with van der Waals surface area (Å²) < 4.78 is 15.4. The van der Waals surface area contributed by atoms with Crippen LogP contribution in [-0.2, 0) is 9.47 Å². The summed E-state index contributed by atoms with van der Waals surface area (Å²) in [5.41, 5.74) is -0.113. The van der Waals surface area contributed by atoms with Gasteiger partial charge in [0.15, 0.2) is 5.69 Å². The second-order valence-electron chi connectivity index (χ2n) is 3.35. The predicted octanol–water partition coefficient (Wildman–Crippen LogP) is 0.607. The Kier molecular flexibility index (Phi) is 6.67. The van der Waals surface area contributed by atoms with E-state index in [1.54, 1.807) is 7.11 Å². The molecule has 100 valence electrons. The van der Waals surface area contributed by atoms with E-state index in [1.807, 2.05) is 0 Å². The first kappa shape index (κ1) is 14.3. The van der Waals surface area contributed by atoms with Crippen molar-refractivity contribution in [3.8, 4) is 5.88 Å². The summed E-state index contributed by atoms with van der Waals surface area (Å²) in [7, 11) is 1.64. The van der Waals surface area contributed by atoms with Crippen molar-refractivity contribution in [1.82, 2.24) is 9.97 Å². The van der Waals surface area contributed by atoms with Crippen molar-refractivity contribution in [3.05, 3.63) is 18.1 Å². The molecule has 0 bridgehead atoms. The topological polar surface area (TPSA) is 90.8 Å². The number of methoxy groups -OCH3 is 1. The molecule has 0 amide bonds. The molecule has 1 N–H and O–H groups in total. The molecule has 1 heterocycles. The number of carboxylic acids is 1. The molecular weight excluding hydrogens is 240 g/mol. The Bertz CT molecular complexity index is 355. The molecule has 0 aliphatic heterocycles. The van der Waals surface area contributed by atoms with Crippen molar-refractivity contribution in [3.63, 3.8) is 0 Å². The average Bonchev–Trinajstić information content (AvgIpc) is 2.38. The standard InChI is InChI=1S/C11H16N2O5/c1-16-3-2-4-17-5-6-18-10-8-12-9(7-13-10)11(14)15/h7-8H,2-6H2,1H3,(H,14,15). The summed E-state index contributed by atoms with van der Waals surface area (Å²) in [6.45, 7) is 2.06. The van der Waals surface area contributed by atoms with Crippen LogP contribution in [0.5, 0.6) is 5.88 Å². The number of hydrogen-bond donors (Lipinski definition) is 1. The largest absolute Gasteiger partial charge is 0.476 e. The Morgan fingerprint density at radius 2 is 2.06 bits per heavy atom. The van der Waals surface area contributed by atoms with Gasteiger partial charge in [-0.3, -0.25) is 0 Å². The number of nitrogens with zero attached hydrogens (tertiary/aromatic N) is 2. The summed E-state index contributed by atoms with van der Waals surface area (Å²) >= 11 is 0. The zero-order chi connectivity index (χ0) is 13.2. The summed E-state index contributed by atoms with van der Waals surface area (Å²) in [6.07, 6.45) is 3.26. The molecule has 0 aromatic carbocycles. The van der Waals surface area contributed by atoms with E-state index >= 15 is 0 Å². The van der Waals surface area contributed by atoms with Gasteiger partial charge in [-0.15, -0.1) is 0 Å². The van der Waals surface area contributed by atoms with Gasteiger partial charge in [-0.1, -0.05) is 0 Å². The minimum atomic E-state index is -1.12. The lowest BCUT2D eigenvalue weighted by Gasteiger charge is -2.06. The van der Waals surface area contributed by atoms with E-state index in [0.717, 1.165) is 12.6 Å². The van der Waals surface area contributed by atoms with Gasteiger partial charge in [-0.25, -0.2) is 14.8 Å². The first-order valence-electron chi connectivity index (χ1n) is 5.49. The van der Waals surface area contributed by atoms with Gasteiger partial charge in [0.1, 0.15) is 6.61 Å². The van der Waals surface area contributed by atoms with E-state index in [0.29, 0.717) is 26.4 Å². The van der Waals surface area contributed by atoms with Crippen molar-refractivity contribution in [2.45, 2.75) is 6.42 Å². The zero-order valence-electron chi connectivity index (χ0n) is 10.2. The van der Waals surface area contributed by atoms with E-state index in [9.17, 15) is 4.79 Å². The SMILES string of the molecule is COCCCOCCOc1cnc(C(=O)O)cn1. The van der Waals surface area contributed by atoms with Gasteiger partial charge in [-0.05, 0) is 6.42 Å². The summed E-state index contributed by atoms with van der Waals surface area (Å²) in [5, 5.41) is 8.62. The van der Waals surface area contributed by atoms with Crippen molar-refractivity contribution in [2.75, 3.05) is 33.5 Å². The lowest BCUT2D eigenvalue weighted by Crippen LogP contribution is -2.10. The van der Waals surface area contributed by atoms with Crippen molar-refractivity contribution in [1.29, 1.82) is 0 Å². The van der Waals surface area contributed by atoms with Crippen molar-refractivity contribution in [2.24, 2.45) is 0 Å². The molecule has 0 saturated carbocycles. The van der Waals surface area contributed by atoms with Crippen LogP contribution < -0.4 is 4.74 Å². The van der Waals surface area contributed by atoms with E-state index in [-0.39, 0.29) is 11.6 Å². The van der Waals surface area contributed by atoms with E-state index < -0.39 is 5.97 Å². The number of carbonyl (C=O) groups is 1. The molecule has 18 heavy (non-hydrogen) atoms. The molecule has 0 spiro atoms. The Balaban J connectivity index is 2.14. The van der Waals surface area contributed by atoms with Crippen LogP contribution in [0.25, 0.3) is 0 Å². The molecule has 1 aromatic rings. The van der Waals surface area contributed by atoms with Crippen LogP contribution in [0.1, 0.15) is 16.9 Å². The van der Waals surface area contributed by atoms with Crippen LogP contribution in [0.2, 0.25) is 0 Å². The fourth-order valence-electron chi connectivity index (χ4n) is 1.11. The van der Waals surface area contributed by atoms with E-state index in [1.165, 1.54) is 6.20 Å². The quantitative estimate of drug-likeness (QED) is 0.647. The Morgan fingerprint density at radius 3 is 2.67 bits per heavy atom. The minimum absolute atomic E-state index is 0.113. The van der Waals surface area contributed by atoms with Crippen LogP contribution >= 0.6 is 0 Å². The number of carboxylic acid groups (broad SMARTS) is 1. The lowest BCUT2D eigenvalue weighted by atomic mass is 10.5. The smallest absolute Gasteiger partial charge is 0.356 e. The highest BCUT2D eigenvalue weighted by atomic mass is 16.5. The number of rotatable bonds is 9. The van der Waals surface area contributed by atoms with Gasteiger partial charge in [0, 0.05) is 20.3 Å². The maximum absolute atomic E-state index is 10.5. The van der Waals surface area contributed by atoms with Gasteiger partial charge in [0.25, 0.3) is 0 Å². The summed E-state index contributed by atoms with van der Waals surface area (Å²) in [4.78, 5) is 18.0. The number of aromatic nitrogens is 2. The molecule has 0 unspecified atom stereocenters. The third-order valence-corrected chi connectivity index (χ3v) is 1.96. The Labute approximate surface area is 105 Å². The van der Waals surface area contributed by atoms with Crippen LogP contribution in [0.15, 0.2) is 12.4 Å². The number of hydrogen-bond acceptors (Lipinski definition) is 6. The monoisotopic (exact) mass is 256 g/mol.